The highest BCUT2D eigenvalue weighted by molar-refractivity contribution is 6.33. The van der Waals surface area contributed by atoms with Crippen molar-refractivity contribution in [3.8, 4) is 17.0 Å². The summed E-state index contributed by atoms with van der Waals surface area (Å²) in [6, 6.07) is 6.14. The zero-order valence-corrected chi connectivity index (χ0v) is 20.4. The maximum absolute atomic E-state index is 6.63. The van der Waals surface area contributed by atoms with E-state index in [1.807, 2.05) is 42.9 Å². The molecule has 7 nitrogen and oxygen atoms in total. The lowest BCUT2D eigenvalue weighted by Crippen LogP contribution is -2.41. The fourth-order valence-electron chi connectivity index (χ4n) is 5.65. The molecule has 0 atom stereocenters. The van der Waals surface area contributed by atoms with Crippen LogP contribution in [0.4, 0.5) is 5.82 Å². The summed E-state index contributed by atoms with van der Waals surface area (Å²) < 4.78 is 7.37. The number of aryl methyl sites for hydroxylation is 2. The van der Waals surface area contributed by atoms with E-state index < -0.39 is 0 Å². The second-order valence-corrected chi connectivity index (χ2v) is 9.96. The highest BCUT2D eigenvalue weighted by atomic mass is 35.5. The molecule has 6 rings (SSSR count). The molecule has 4 aromatic rings. The van der Waals surface area contributed by atoms with Gasteiger partial charge in [-0.1, -0.05) is 11.6 Å². The number of hydrogen-bond acceptors (Lipinski definition) is 6. The Bertz CT molecular complexity index is 1410. The molecule has 0 unspecified atom stereocenters. The normalized spacial score (nSPS) is 16.9. The number of fused-ring (bicyclic) bond motifs is 2. The number of piperidine rings is 1. The summed E-state index contributed by atoms with van der Waals surface area (Å²) in [6.07, 6.45) is 9.82. The Morgan fingerprint density at radius 2 is 1.85 bits per heavy atom. The number of pyridine rings is 2. The van der Waals surface area contributed by atoms with Crippen LogP contribution in [0.25, 0.3) is 16.8 Å². The predicted molar refractivity (Wildman–Crippen MR) is 133 cm³/mol. The van der Waals surface area contributed by atoms with Gasteiger partial charge in [0.1, 0.15) is 11.3 Å². The Labute approximate surface area is 203 Å². The first-order valence-corrected chi connectivity index (χ1v) is 12.1. The topological polar surface area (TPSA) is 68.4 Å². The van der Waals surface area contributed by atoms with E-state index in [2.05, 4.69) is 26.0 Å². The molecule has 1 spiro atoms. The molecular formula is C26H27ClN6O. The number of methoxy groups -OCH3 is 1. The fourth-order valence-corrected chi connectivity index (χ4v) is 5.86. The number of anilines is 1. The van der Waals surface area contributed by atoms with Gasteiger partial charge >= 0.3 is 0 Å². The predicted octanol–water partition coefficient (Wildman–Crippen LogP) is 4.85. The van der Waals surface area contributed by atoms with Crippen molar-refractivity contribution >= 4 is 22.9 Å². The molecule has 0 bridgehead atoms. The molecule has 1 fully saturated rings. The molecule has 34 heavy (non-hydrogen) atoms. The second kappa shape index (κ2) is 7.94. The van der Waals surface area contributed by atoms with E-state index in [9.17, 15) is 0 Å². The average Bonchev–Trinajstić information content (AvgIpc) is 3.45. The maximum Gasteiger partial charge on any atom is 0.155 e. The number of ether oxygens (including phenoxy) is 1. The van der Waals surface area contributed by atoms with Crippen molar-refractivity contribution in [3.05, 3.63) is 64.5 Å². The van der Waals surface area contributed by atoms with E-state index in [0.29, 0.717) is 5.02 Å². The highest BCUT2D eigenvalue weighted by Crippen LogP contribution is 2.45. The van der Waals surface area contributed by atoms with Crippen LogP contribution in [0.1, 0.15) is 35.5 Å². The number of hydrogen-bond donors (Lipinski definition) is 0. The van der Waals surface area contributed by atoms with Crippen LogP contribution in [0, 0.1) is 19.3 Å². The molecule has 174 valence electrons. The zero-order chi connectivity index (χ0) is 23.4. The van der Waals surface area contributed by atoms with Gasteiger partial charge in [-0.25, -0.2) is 9.50 Å². The summed E-state index contributed by atoms with van der Waals surface area (Å²) >= 11 is 6.63. The molecular weight excluding hydrogens is 448 g/mol. The molecule has 0 aromatic carbocycles. The summed E-state index contributed by atoms with van der Waals surface area (Å²) in [5, 5.41) is 5.29. The molecule has 0 N–H and O–H groups in total. The first-order chi connectivity index (χ1) is 16.5. The van der Waals surface area contributed by atoms with Gasteiger partial charge in [0.15, 0.2) is 5.82 Å². The molecule has 8 heteroatoms. The highest BCUT2D eigenvalue weighted by Gasteiger charge is 2.41. The summed E-state index contributed by atoms with van der Waals surface area (Å²) in [6.45, 7) is 5.88. The van der Waals surface area contributed by atoms with Crippen molar-refractivity contribution in [1.82, 2.24) is 24.6 Å². The van der Waals surface area contributed by atoms with Gasteiger partial charge in [-0.15, -0.1) is 0 Å². The zero-order valence-electron chi connectivity index (χ0n) is 19.7. The number of aromatic nitrogens is 5. The van der Waals surface area contributed by atoms with Crippen LogP contribution < -0.4 is 9.64 Å². The molecule has 1 aliphatic carbocycles. The Morgan fingerprint density at radius 1 is 1.03 bits per heavy atom. The molecule has 4 aromatic heterocycles. The van der Waals surface area contributed by atoms with Crippen molar-refractivity contribution in [2.75, 3.05) is 25.1 Å². The Hall–Kier alpha value is -3.19. The quantitative estimate of drug-likeness (QED) is 0.422. The number of halogens is 1. The molecule has 5 heterocycles. The van der Waals surface area contributed by atoms with Gasteiger partial charge in [-0.2, -0.15) is 5.10 Å². The van der Waals surface area contributed by atoms with Gasteiger partial charge in [0.05, 0.1) is 41.6 Å². The second-order valence-electron chi connectivity index (χ2n) is 9.58. The Balaban J connectivity index is 1.30. The van der Waals surface area contributed by atoms with E-state index in [0.717, 1.165) is 78.5 Å². The van der Waals surface area contributed by atoms with Crippen LogP contribution in [0.2, 0.25) is 5.02 Å². The van der Waals surface area contributed by atoms with E-state index in [1.54, 1.807) is 13.3 Å². The van der Waals surface area contributed by atoms with E-state index >= 15 is 0 Å². The molecule has 2 aliphatic rings. The molecule has 1 aliphatic heterocycles. The van der Waals surface area contributed by atoms with Crippen LogP contribution >= 0.6 is 11.6 Å². The third kappa shape index (κ3) is 3.33. The van der Waals surface area contributed by atoms with Crippen LogP contribution in [0.15, 0.2) is 36.8 Å². The SMILES string of the molecule is COc1cnc2c(c1)CC1(CCN(c3nc(C)c(-c4ccnc(C)c4Cl)n4nccc34)CC1)C2. The Kier molecular flexibility index (Phi) is 4.99. The minimum Gasteiger partial charge on any atom is -0.495 e. The number of nitrogens with zero attached hydrogens (tertiary/aromatic N) is 6. The van der Waals surface area contributed by atoms with Gasteiger partial charge in [-0.3, -0.25) is 9.97 Å². The largest absolute Gasteiger partial charge is 0.495 e. The van der Waals surface area contributed by atoms with E-state index in [1.165, 1.54) is 11.3 Å². The molecule has 1 saturated heterocycles. The maximum atomic E-state index is 6.63. The van der Waals surface area contributed by atoms with Gasteiger partial charge in [0, 0.05) is 30.5 Å². The van der Waals surface area contributed by atoms with E-state index in [-0.39, 0.29) is 5.41 Å². The summed E-state index contributed by atoms with van der Waals surface area (Å²) in [5.74, 6) is 1.84. The van der Waals surface area contributed by atoms with Crippen molar-refractivity contribution < 1.29 is 4.74 Å². The first kappa shape index (κ1) is 21.4. The lowest BCUT2D eigenvalue weighted by atomic mass is 9.76. The van der Waals surface area contributed by atoms with Gasteiger partial charge in [0.25, 0.3) is 0 Å². The van der Waals surface area contributed by atoms with Crippen molar-refractivity contribution in [2.45, 2.75) is 39.5 Å². The summed E-state index contributed by atoms with van der Waals surface area (Å²) in [5.41, 5.74) is 7.39. The lowest BCUT2D eigenvalue weighted by molar-refractivity contribution is 0.231. The van der Waals surface area contributed by atoms with Gasteiger partial charge in [-0.05, 0) is 68.7 Å². The van der Waals surface area contributed by atoms with Crippen LogP contribution in [0.3, 0.4) is 0 Å². The van der Waals surface area contributed by atoms with Crippen molar-refractivity contribution in [2.24, 2.45) is 5.41 Å². The lowest BCUT2D eigenvalue weighted by Gasteiger charge is -2.40. The average molecular weight is 475 g/mol. The van der Waals surface area contributed by atoms with Crippen molar-refractivity contribution in [3.63, 3.8) is 0 Å². The summed E-state index contributed by atoms with van der Waals surface area (Å²) in [4.78, 5) is 16.5. The van der Waals surface area contributed by atoms with Crippen LogP contribution in [-0.2, 0) is 12.8 Å². The standard InChI is InChI=1S/C26H27ClN6O/c1-16-23(27)20(4-8-28-16)24-17(2)31-25(22-5-9-30-33(22)24)32-10-6-26(7-11-32)13-18-12-19(34-3)15-29-21(18)14-26/h4-5,8-9,12,15H,6-7,10-11,13-14H2,1-3H3. The minimum absolute atomic E-state index is 0.284. The van der Waals surface area contributed by atoms with Gasteiger partial charge < -0.3 is 9.64 Å². The molecule has 0 radical (unpaired) electrons. The molecule has 0 saturated carbocycles. The Morgan fingerprint density at radius 3 is 2.65 bits per heavy atom. The van der Waals surface area contributed by atoms with Crippen LogP contribution in [0.5, 0.6) is 5.75 Å². The van der Waals surface area contributed by atoms with Gasteiger partial charge in [0.2, 0.25) is 0 Å². The number of rotatable bonds is 3. The minimum atomic E-state index is 0.284. The first-order valence-electron chi connectivity index (χ1n) is 11.7. The third-order valence-electron chi connectivity index (χ3n) is 7.52. The molecule has 0 amide bonds. The summed E-state index contributed by atoms with van der Waals surface area (Å²) in [7, 11) is 1.70. The monoisotopic (exact) mass is 474 g/mol. The van der Waals surface area contributed by atoms with Crippen molar-refractivity contribution in [1.29, 1.82) is 0 Å². The van der Waals surface area contributed by atoms with Crippen LogP contribution in [-0.4, -0.2) is 44.8 Å². The fraction of sp³-hybridized carbons (Fsp3) is 0.385. The third-order valence-corrected chi connectivity index (χ3v) is 8.00. The smallest absolute Gasteiger partial charge is 0.155 e. The van der Waals surface area contributed by atoms with E-state index in [4.69, 9.17) is 21.3 Å².